The molecule has 1 unspecified atom stereocenters. The molecule has 1 aliphatic rings. The van der Waals surface area contributed by atoms with Gasteiger partial charge in [-0.25, -0.2) is 0 Å². The molecular weight excluding hydrogens is 326 g/mol. The molecule has 0 bridgehead atoms. The van der Waals surface area contributed by atoms with Crippen LogP contribution in [-0.4, -0.2) is 0 Å². The first-order valence-electron chi connectivity index (χ1n) is 9.46. The van der Waals surface area contributed by atoms with E-state index in [4.69, 9.17) is 0 Å². The van der Waals surface area contributed by atoms with Gasteiger partial charge in [0.15, 0.2) is 0 Å². The van der Waals surface area contributed by atoms with Crippen LogP contribution in [-0.2, 0) is 0 Å². The summed E-state index contributed by atoms with van der Waals surface area (Å²) < 4.78 is 0. The predicted octanol–water partition coefficient (Wildman–Crippen LogP) is 7.23. The Morgan fingerprint density at radius 1 is 0.593 bits per heavy atom. The van der Waals surface area contributed by atoms with Gasteiger partial charge >= 0.3 is 0 Å². The van der Waals surface area contributed by atoms with E-state index >= 15 is 0 Å². The van der Waals surface area contributed by atoms with Crippen LogP contribution < -0.4 is 5.32 Å². The first kappa shape index (κ1) is 15.9. The number of benzene rings is 4. The van der Waals surface area contributed by atoms with Crippen molar-refractivity contribution in [2.75, 3.05) is 5.32 Å². The highest BCUT2D eigenvalue weighted by atomic mass is 14.9. The van der Waals surface area contributed by atoms with Gasteiger partial charge in [-0.1, -0.05) is 85.8 Å². The van der Waals surface area contributed by atoms with E-state index in [0.29, 0.717) is 5.92 Å². The van der Waals surface area contributed by atoms with Gasteiger partial charge in [0.25, 0.3) is 0 Å². The predicted molar refractivity (Wildman–Crippen MR) is 115 cm³/mol. The number of hydrogen-bond donors (Lipinski definition) is 1. The summed E-state index contributed by atoms with van der Waals surface area (Å²) in [5, 5.41) is 3.64. The molecule has 130 valence electrons. The van der Waals surface area contributed by atoms with Crippen molar-refractivity contribution in [1.29, 1.82) is 0 Å². The van der Waals surface area contributed by atoms with Gasteiger partial charge in [-0.15, -0.1) is 0 Å². The smallest absolute Gasteiger partial charge is 0.0467 e. The molecule has 4 aromatic rings. The Bertz CT molecular complexity index is 1090. The largest absolute Gasteiger partial charge is 0.355 e. The third-order valence-electron chi connectivity index (χ3n) is 5.53. The minimum Gasteiger partial charge on any atom is -0.355 e. The molecule has 0 aromatic heterocycles. The van der Waals surface area contributed by atoms with Gasteiger partial charge in [0.05, 0.1) is 0 Å². The molecule has 1 N–H and O–H groups in total. The maximum atomic E-state index is 3.64. The van der Waals surface area contributed by atoms with E-state index in [1.165, 1.54) is 39.1 Å². The van der Waals surface area contributed by atoms with Gasteiger partial charge in [0.1, 0.15) is 0 Å². The zero-order chi connectivity index (χ0) is 18.2. The number of anilines is 2. The molecule has 0 heterocycles. The quantitative estimate of drug-likeness (QED) is 0.412. The molecule has 0 saturated heterocycles. The van der Waals surface area contributed by atoms with E-state index in [0.717, 1.165) is 5.69 Å². The second-order valence-electron chi connectivity index (χ2n) is 7.15. The fourth-order valence-corrected chi connectivity index (χ4v) is 4.14. The molecule has 0 amide bonds. The second kappa shape index (κ2) is 6.44. The van der Waals surface area contributed by atoms with Crippen LogP contribution >= 0.6 is 0 Å². The highest BCUT2D eigenvalue weighted by Gasteiger charge is 2.26. The fraction of sp³-hybridized carbons (Fsp3) is 0.0769. The van der Waals surface area contributed by atoms with Crippen molar-refractivity contribution >= 4 is 11.4 Å². The SMILES string of the molecule is CC1c2ccccc2-c2c(Nc3ccc(-c4ccccc4)cc3)cccc21. The van der Waals surface area contributed by atoms with E-state index in [2.05, 4.69) is 103 Å². The monoisotopic (exact) mass is 347 g/mol. The topological polar surface area (TPSA) is 12.0 Å². The summed E-state index contributed by atoms with van der Waals surface area (Å²) in [6, 6.07) is 34.5. The minimum absolute atomic E-state index is 0.443. The molecular formula is C26H21N. The summed E-state index contributed by atoms with van der Waals surface area (Å²) in [4.78, 5) is 0. The normalized spacial score (nSPS) is 14.5. The summed E-state index contributed by atoms with van der Waals surface area (Å²) in [6.45, 7) is 2.29. The molecule has 4 aromatic carbocycles. The summed E-state index contributed by atoms with van der Waals surface area (Å²) in [6.07, 6.45) is 0. The average molecular weight is 347 g/mol. The van der Waals surface area contributed by atoms with Crippen LogP contribution in [0.5, 0.6) is 0 Å². The average Bonchev–Trinajstić information content (AvgIpc) is 3.03. The lowest BCUT2D eigenvalue weighted by atomic mass is 9.99. The van der Waals surface area contributed by atoms with Crippen molar-refractivity contribution in [3.8, 4) is 22.3 Å². The van der Waals surface area contributed by atoms with Crippen molar-refractivity contribution in [2.45, 2.75) is 12.8 Å². The zero-order valence-corrected chi connectivity index (χ0v) is 15.3. The van der Waals surface area contributed by atoms with Crippen molar-refractivity contribution in [1.82, 2.24) is 0 Å². The Morgan fingerprint density at radius 3 is 2.07 bits per heavy atom. The zero-order valence-electron chi connectivity index (χ0n) is 15.3. The molecule has 0 radical (unpaired) electrons. The van der Waals surface area contributed by atoms with Crippen LogP contribution in [0.1, 0.15) is 24.0 Å². The maximum Gasteiger partial charge on any atom is 0.0467 e. The molecule has 0 aliphatic heterocycles. The molecule has 1 nitrogen and oxygen atoms in total. The van der Waals surface area contributed by atoms with Crippen molar-refractivity contribution < 1.29 is 0 Å². The van der Waals surface area contributed by atoms with Crippen LogP contribution in [0, 0.1) is 0 Å². The maximum absolute atomic E-state index is 3.64. The summed E-state index contributed by atoms with van der Waals surface area (Å²) in [7, 11) is 0. The third-order valence-corrected chi connectivity index (χ3v) is 5.53. The highest BCUT2D eigenvalue weighted by Crippen LogP contribution is 2.48. The standard InChI is InChI=1S/C26H21N/c1-18-22-10-5-6-11-24(22)26-23(18)12-7-13-25(26)27-21-16-14-20(15-17-21)19-8-3-2-4-9-19/h2-18,27H,1H3. The van der Waals surface area contributed by atoms with Crippen molar-refractivity contribution in [3.05, 3.63) is 108 Å². The van der Waals surface area contributed by atoms with Gasteiger partial charge in [-0.2, -0.15) is 0 Å². The lowest BCUT2D eigenvalue weighted by Crippen LogP contribution is -1.94. The molecule has 1 aliphatic carbocycles. The highest BCUT2D eigenvalue weighted by molar-refractivity contribution is 5.90. The van der Waals surface area contributed by atoms with E-state index < -0.39 is 0 Å². The van der Waals surface area contributed by atoms with Gasteiger partial charge in [0.2, 0.25) is 0 Å². The second-order valence-corrected chi connectivity index (χ2v) is 7.15. The molecule has 0 fully saturated rings. The summed E-state index contributed by atoms with van der Waals surface area (Å²) in [5.41, 5.74) is 10.3. The Kier molecular flexibility index (Phi) is 3.79. The van der Waals surface area contributed by atoms with Crippen LogP contribution in [0.2, 0.25) is 0 Å². The van der Waals surface area contributed by atoms with Crippen molar-refractivity contribution in [3.63, 3.8) is 0 Å². The van der Waals surface area contributed by atoms with E-state index in [9.17, 15) is 0 Å². The Labute approximate surface area is 160 Å². The Hall–Kier alpha value is -3.32. The van der Waals surface area contributed by atoms with Gasteiger partial charge < -0.3 is 5.32 Å². The van der Waals surface area contributed by atoms with E-state index in [-0.39, 0.29) is 0 Å². The Balaban J connectivity index is 1.50. The minimum atomic E-state index is 0.443. The number of nitrogens with one attached hydrogen (secondary N) is 1. The van der Waals surface area contributed by atoms with Gasteiger partial charge in [-0.3, -0.25) is 0 Å². The lowest BCUT2D eigenvalue weighted by Gasteiger charge is -2.13. The van der Waals surface area contributed by atoms with Crippen LogP contribution in [0.4, 0.5) is 11.4 Å². The molecule has 0 spiro atoms. The van der Waals surface area contributed by atoms with Crippen LogP contribution in [0.15, 0.2) is 97.1 Å². The molecule has 5 rings (SSSR count). The van der Waals surface area contributed by atoms with Crippen molar-refractivity contribution in [2.24, 2.45) is 0 Å². The lowest BCUT2D eigenvalue weighted by molar-refractivity contribution is 0.957. The third kappa shape index (κ3) is 2.72. The number of hydrogen-bond acceptors (Lipinski definition) is 1. The molecule has 0 saturated carbocycles. The molecule has 27 heavy (non-hydrogen) atoms. The van der Waals surface area contributed by atoms with Gasteiger partial charge in [0, 0.05) is 22.9 Å². The summed E-state index contributed by atoms with van der Waals surface area (Å²) >= 11 is 0. The van der Waals surface area contributed by atoms with E-state index in [1.807, 2.05) is 6.07 Å². The molecule has 1 heteroatoms. The van der Waals surface area contributed by atoms with Crippen LogP contribution in [0.3, 0.4) is 0 Å². The summed E-state index contributed by atoms with van der Waals surface area (Å²) in [5.74, 6) is 0.443. The fourth-order valence-electron chi connectivity index (χ4n) is 4.14. The van der Waals surface area contributed by atoms with Crippen LogP contribution in [0.25, 0.3) is 22.3 Å². The Morgan fingerprint density at radius 2 is 1.26 bits per heavy atom. The molecule has 1 atom stereocenters. The first-order chi connectivity index (χ1) is 13.3. The number of fused-ring (bicyclic) bond motifs is 3. The number of rotatable bonds is 3. The first-order valence-corrected chi connectivity index (χ1v) is 9.46. The van der Waals surface area contributed by atoms with Gasteiger partial charge in [-0.05, 0) is 46.0 Å². The van der Waals surface area contributed by atoms with E-state index in [1.54, 1.807) is 0 Å².